The fourth-order valence-electron chi connectivity index (χ4n) is 2.05. The maximum atomic E-state index is 13.4. The lowest BCUT2D eigenvalue weighted by Gasteiger charge is -2.07. The Morgan fingerprint density at radius 2 is 2.00 bits per heavy atom. The molecule has 8 heteroatoms. The number of benzene rings is 2. The second-order valence-corrected chi connectivity index (χ2v) is 6.79. The van der Waals surface area contributed by atoms with Crippen molar-refractivity contribution >= 4 is 27.7 Å². The highest BCUT2D eigenvalue weighted by molar-refractivity contribution is 9.10. The second kappa shape index (κ2) is 7.67. The maximum absolute atomic E-state index is 13.4. The monoisotopic (exact) mass is 408 g/mol. The number of para-hydroxylation sites is 1. The Balaban J connectivity index is 1.60. The van der Waals surface area contributed by atoms with E-state index in [1.54, 1.807) is 18.2 Å². The Morgan fingerprint density at radius 3 is 2.79 bits per heavy atom. The second-order valence-electron chi connectivity index (χ2n) is 4.81. The van der Waals surface area contributed by atoms with Crippen LogP contribution in [-0.4, -0.2) is 27.2 Å². The lowest BCUT2D eigenvalue weighted by molar-refractivity contribution is 0.325. The van der Waals surface area contributed by atoms with Crippen LogP contribution >= 0.6 is 27.7 Å². The van der Waals surface area contributed by atoms with Gasteiger partial charge in [-0.25, -0.2) is 9.07 Å². The van der Waals surface area contributed by atoms with Crippen molar-refractivity contribution in [2.75, 3.05) is 18.2 Å². The van der Waals surface area contributed by atoms with Gasteiger partial charge in [-0.3, -0.25) is 0 Å². The van der Waals surface area contributed by atoms with E-state index in [-0.39, 0.29) is 11.6 Å². The zero-order valence-corrected chi connectivity index (χ0v) is 14.9. The number of thioether (sulfide) groups is 1. The number of hydrogen-bond acceptors (Lipinski definition) is 5. The summed E-state index contributed by atoms with van der Waals surface area (Å²) in [7, 11) is 0. The molecule has 0 aliphatic carbocycles. The molecule has 5 nitrogen and oxygen atoms in total. The van der Waals surface area contributed by atoms with Gasteiger partial charge in [0.1, 0.15) is 0 Å². The molecule has 24 heavy (non-hydrogen) atoms. The molecule has 0 saturated carbocycles. The van der Waals surface area contributed by atoms with E-state index in [2.05, 4.69) is 26.1 Å². The molecule has 2 aromatic carbocycles. The Bertz CT molecular complexity index is 842. The molecule has 0 unspecified atom stereocenters. The molecule has 3 rings (SSSR count). The van der Waals surface area contributed by atoms with Gasteiger partial charge in [0.2, 0.25) is 5.16 Å². The van der Waals surface area contributed by atoms with Crippen molar-refractivity contribution in [3.05, 3.63) is 58.8 Å². The summed E-state index contributed by atoms with van der Waals surface area (Å²) in [5.41, 5.74) is 0.869. The minimum Gasteiger partial charge on any atom is -0.490 e. The highest BCUT2D eigenvalue weighted by Crippen LogP contribution is 2.24. The Morgan fingerprint density at radius 1 is 1.17 bits per heavy atom. The third-order valence-electron chi connectivity index (χ3n) is 3.16. The molecule has 0 aliphatic heterocycles. The van der Waals surface area contributed by atoms with Gasteiger partial charge in [0.15, 0.2) is 17.4 Å². The zero-order chi connectivity index (χ0) is 16.9. The summed E-state index contributed by atoms with van der Waals surface area (Å²) < 4.78 is 21.2. The minimum atomic E-state index is -0.374. The van der Waals surface area contributed by atoms with E-state index in [1.165, 1.54) is 22.5 Å². The zero-order valence-electron chi connectivity index (χ0n) is 12.5. The van der Waals surface area contributed by atoms with E-state index < -0.39 is 0 Å². The fraction of sp³-hybridized carbons (Fsp3) is 0.125. The minimum absolute atomic E-state index is 0.238. The van der Waals surface area contributed by atoms with E-state index in [9.17, 15) is 4.39 Å². The highest BCUT2D eigenvalue weighted by atomic mass is 79.9. The molecule has 0 fully saturated rings. The van der Waals surface area contributed by atoms with Crippen LogP contribution in [-0.2, 0) is 0 Å². The molecule has 0 amide bonds. The molecule has 1 heterocycles. The van der Waals surface area contributed by atoms with Crippen LogP contribution in [0.1, 0.15) is 0 Å². The van der Waals surface area contributed by atoms with Crippen LogP contribution in [0.5, 0.6) is 5.75 Å². The van der Waals surface area contributed by atoms with Crippen molar-refractivity contribution < 1.29 is 9.13 Å². The Hall–Kier alpha value is -2.06. The predicted octanol–water partition coefficient (Wildman–Crippen LogP) is 3.73. The summed E-state index contributed by atoms with van der Waals surface area (Å²) in [6, 6.07) is 14.0. The first kappa shape index (κ1) is 16.8. The van der Waals surface area contributed by atoms with E-state index >= 15 is 0 Å². The van der Waals surface area contributed by atoms with Gasteiger partial charge in [-0.1, -0.05) is 52.0 Å². The largest absolute Gasteiger partial charge is 0.490 e. The first-order chi connectivity index (χ1) is 11.6. The van der Waals surface area contributed by atoms with Crippen LogP contribution in [0, 0.1) is 5.82 Å². The molecule has 0 radical (unpaired) electrons. The van der Waals surface area contributed by atoms with E-state index in [1.807, 2.05) is 24.3 Å². The van der Waals surface area contributed by atoms with Gasteiger partial charge in [-0.05, 0) is 24.3 Å². The Kier molecular flexibility index (Phi) is 5.37. The molecule has 0 atom stereocenters. The summed E-state index contributed by atoms with van der Waals surface area (Å²) in [5.74, 6) is 7.07. The van der Waals surface area contributed by atoms with Crippen LogP contribution in [0.3, 0.4) is 0 Å². The quantitative estimate of drug-likeness (QED) is 0.382. The number of nitrogens with zero attached hydrogens (tertiary/aromatic N) is 3. The van der Waals surface area contributed by atoms with Crippen molar-refractivity contribution in [1.82, 2.24) is 14.9 Å². The number of nitrogens with two attached hydrogens (primary N) is 1. The van der Waals surface area contributed by atoms with Crippen molar-refractivity contribution in [1.29, 1.82) is 0 Å². The predicted molar refractivity (Wildman–Crippen MR) is 95.9 cm³/mol. The molecule has 0 spiro atoms. The van der Waals surface area contributed by atoms with Gasteiger partial charge in [-0.2, -0.15) is 0 Å². The van der Waals surface area contributed by atoms with Crippen molar-refractivity contribution in [2.45, 2.75) is 5.16 Å². The third-order valence-corrected chi connectivity index (χ3v) is 4.56. The summed E-state index contributed by atoms with van der Waals surface area (Å²) in [6.45, 7) is 0.338. The molecule has 0 saturated heterocycles. The summed E-state index contributed by atoms with van der Waals surface area (Å²) in [5, 5.41) is 8.78. The third kappa shape index (κ3) is 3.88. The molecule has 2 N–H and O–H groups in total. The Labute approximate surface area is 151 Å². The van der Waals surface area contributed by atoms with Gasteiger partial charge in [-0.15, -0.1) is 10.2 Å². The molecular weight excluding hydrogens is 395 g/mol. The lowest BCUT2D eigenvalue weighted by atomic mass is 10.2. The smallest absolute Gasteiger partial charge is 0.210 e. The van der Waals surface area contributed by atoms with Crippen LogP contribution in [0.2, 0.25) is 0 Å². The molecule has 1 aromatic heterocycles. The average Bonchev–Trinajstić information content (AvgIpc) is 2.94. The summed E-state index contributed by atoms with van der Waals surface area (Å²) in [4.78, 5) is 0. The topological polar surface area (TPSA) is 66.0 Å². The van der Waals surface area contributed by atoms with Crippen LogP contribution in [0.25, 0.3) is 11.4 Å². The number of ether oxygens (including phenoxy) is 1. The maximum Gasteiger partial charge on any atom is 0.210 e. The molecule has 0 bridgehead atoms. The summed E-state index contributed by atoms with van der Waals surface area (Å²) >= 11 is 4.82. The van der Waals surface area contributed by atoms with Crippen LogP contribution < -0.4 is 10.6 Å². The lowest BCUT2D eigenvalue weighted by Crippen LogP contribution is -2.12. The standard InChI is InChI=1S/C16H14BrFN4OS/c17-12-5-3-4-11(10-12)15-20-21-16(22(15)19)24-9-8-23-14-7-2-1-6-13(14)18/h1-7,10H,8-9,19H2. The van der Waals surface area contributed by atoms with Crippen molar-refractivity contribution in [3.63, 3.8) is 0 Å². The fourth-order valence-corrected chi connectivity index (χ4v) is 3.12. The van der Waals surface area contributed by atoms with Gasteiger partial charge in [0.05, 0.1) is 6.61 Å². The summed E-state index contributed by atoms with van der Waals surface area (Å²) in [6.07, 6.45) is 0. The van der Waals surface area contributed by atoms with Gasteiger partial charge < -0.3 is 10.6 Å². The van der Waals surface area contributed by atoms with Gasteiger partial charge in [0.25, 0.3) is 0 Å². The number of hydrogen-bond donors (Lipinski definition) is 1. The number of halogens is 2. The first-order valence-electron chi connectivity index (χ1n) is 7.11. The SMILES string of the molecule is Nn1c(SCCOc2ccccc2F)nnc1-c1cccc(Br)c1. The van der Waals surface area contributed by atoms with E-state index in [0.29, 0.717) is 23.3 Å². The highest BCUT2D eigenvalue weighted by Gasteiger charge is 2.12. The van der Waals surface area contributed by atoms with Crippen molar-refractivity contribution in [2.24, 2.45) is 0 Å². The first-order valence-corrected chi connectivity index (χ1v) is 8.89. The van der Waals surface area contributed by atoms with Gasteiger partial charge in [0, 0.05) is 15.8 Å². The number of nitrogen functional groups attached to an aromatic ring is 1. The van der Waals surface area contributed by atoms with Crippen molar-refractivity contribution in [3.8, 4) is 17.1 Å². The van der Waals surface area contributed by atoms with E-state index in [0.717, 1.165) is 10.0 Å². The average molecular weight is 409 g/mol. The number of rotatable bonds is 6. The molecule has 0 aliphatic rings. The molecule has 3 aromatic rings. The van der Waals surface area contributed by atoms with Crippen LogP contribution in [0.15, 0.2) is 58.2 Å². The number of aromatic nitrogens is 3. The van der Waals surface area contributed by atoms with E-state index in [4.69, 9.17) is 10.6 Å². The van der Waals surface area contributed by atoms with Gasteiger partial charge >= 0.3 is 0 Å². The molecule has 124 valence electrons. The normalized spacial score (nSPS) is 10.8. The van der Waals surface area contributed by atoms with Crippen LogP contribution in [0.4, 0.5) is 4.39 Å². The molecular formula is C16H14BrFN4OS.